The van der Waals surface area contributed by atoms with Crippen molar-refractivity contribution in [3.63, 3.8) is 0 Å². The summed E-state index contributed by atoms with van der Waals surface area (Å²) in [6.45, 7) is 1.96. The molecule has 0 fully saturated rings. The molecule has 0 radical (unpaired) electrons. The minimum Gasteiger partial charge on any atom is -0.496 e. The van der Waals surface area contributed by atoms with Crippen molar-refractivity contribution in [2.24, 2.45) is 0 Å². The largest absolute Gasteiger partial charge is 0.496 e. The predicted octanol–water partition coefficient (Wildman–Crippen LogP) is 4.06. The van der Waals surface area contributed by atoms with Crippen molar-refractivity contribution >= 4 is 33.0 Å². The molecule has 1 aromatic carbocycles. The van der Waals surface area contributed by atoms with E-state index in [2.05, 4.69) is 15.9 Å². The van der Waals surface area contributed by atoms with Crippen LogP contribution < -0.4 is 4.74 Å². The zero-order valence-corrected chi connectivity index (χ0v) is 11.9. The van der Waals surface area contributed by atoms with Crippen molar-refractivity contribution in [3.8, 4) is 5.75 Å². The Bertz CT molecular complexity index is 560. The van der Waals surface area contributed by atoms with Crippen LogP contribution >= 0.6 is 27.3 Å². The summed E-state index contributed by atoms with van der Waals surface area (Å²) in [5.41, 5.74) is 1.66. The molecule has 2 aromatic rings. The molecule has 0 aliphatic carbocycles. The number of ether oxygens (including phenoxy) is 1. The average Bonchev–Trinajstić information content (AvgIpc) is 2.75. The number of carbonyl (C=O) groups excluding carboxylic acids is 1. The summed E-state index contributed by atoms with van der Waals surface area (Å²) < 4.78 is 6.17. The third kappa shape index (κ3) is 2.58. The van der Waals surface area contributed by atoms with Crippen LogP contribution in [0.3, 0.4) is 0 Å². The van der Waals surface area contributed by atoms with Crippen LogP contribution in [0.5, 0.6) is 5.75 Å². The number of halogens is 1. The maximum Gasteiger partial charge on any atom is 0.206 e. The molecule has 0 unspecified atom stereocenters. The van der Waals surface area contributed by atoms with E-state index in [1.807, 2.05) is 37.3 Å². The lowest BCUT2D eigenvalue weighted by Crippen LogP contribution is -2.02. The SMILES string of the molecule is COc1ccc(C)cc1C(=O)c1ccc(Br)s1. The van der Waals surface area contributed by atoms with Crippen molar-refractivity contribution in [1.29, 1.82) is 0 Å². The molecule has 0 saturated carbocycles. The quantitative estimate of drug-likeness (QED) is 0.799. The number of rotatable bonds is 3. The van der Waals surface area contributed by atoms with Gasteiger partial charge in [0.05, 0.1) is 21.3 Å². The first-order chi connectivity index (χ1) is 8.11. The van der Waals surface area contributed by atoms with Crippen LogP contribution in [0.4, 0.5) is 0 Å². The molecule has 4 heteroatoms. The number of carbonyl (C=O) groups is 1. The predicted molar refractivity (Wildman–Crippen MR) is 73.2 cm³/mol. The number of methoxy groups -OCH3 is 1. The maximum atomic E-state index is 12.3. The molecule has 2 rings (SSSR count). The molecule has 0 aliphatic heterocycles. The van der Waals surface area contributed by atoms with Gasteiger partial charge in [0.2, 0.25) is 5.78 Å². The maximum absolute atomic E-state index is 12.3. The van der Waals surface area contributed by atoms with Crippen molar-refractivity contribution in [2.75, 3.05) is 7.11 Å². The molecule has 0 N–H and O–H groups in total. The number of thiophene rings is 1. The Hall–Kier alpha value is -1.13. The van der Waals surface area contributed by atoms with Crippen molar-refractivity contribution in [3.05, 3.63) is 50.1 Å². The van der Waals surface area contributed by atoms with E-state index in [9.17, 15) is 4.79 Å². The number of hydrogen-bond donors (Lipinski definition) is 0. The van der Waals surface area contributed by atoms with Gasteiger partial charge in [-0.1, -0.05) is 11.6 Å². The Balaban J connectivity index is 2.46. The fourth-order valence-corrected chi connectivity index (χ4v) is 2.91. The van der Waals surface area contributed by atoms with Crippen LogP contribution in [-0.2, 0) is 0 Å². The lowest BCUT2D eigenvalue weighted by molar-refractivity contribution is 0.103. The Morgan fingerprint density at radius 1 is 1.29 bits per heavy atom. The van der Waals surface area contributed by atoms with E-state index in [4.69, 9.17) is 4.74 Å². The summed E-state index contributed by atoms with van der Waals surface area (Å²) in [5, 5.41) is 0. The van der Waals surface area contributed by atoms with Gasteiger partial charge in [-0.15, -0.1) is 11.3 Å². The van der Waals surface area contributed by atoms with E-state index in [0.29, 0.717) is 16.2 Å². The first kappa shape index (κ1) is 12.3. The second-order valence-electron chi connectivity index (χ2n) is 3.64. The highest BCUT2D eigenvalue weighted by atomic mass is 79.9. The molecule has 88 valence electrons. The molecular formula is C13H11BrO2S. The Kier molecular flexibility index (Phi) is 3.64. The zero-order chi connectivity index (χ0) is 12.4. The molecular weight excluding hydrogens is 300 g/mol. The standard InChI is InChI=1S/C13H11BrO2S/c1-8-3-4-10(16-2)9(7-8)13(15)11-5-6-12(14)17-11/h3-7H,1-2H3. The Morgan fingerprint density at radius 3 is 2.65 bits per heavy atom. The number of benzene rings is 1. The molecule has 0 bridgehead atoms. The zero-order valence-electron chi connectivity index (χ0n) is 9.49. The molecule has 0 amide bonds. The molecule has 0 spiro atoms. The average molecular weight is 311 g/mol. The molecule has 0 aliphatic rings. The number of hydrogen-bond acceptors (Lipinski definition) is 3. The van der Waals surface area contributed by atoms with E-state index < -0.39 is 0 Å². The fraction of sp³-hybridized carbons (Fsp3) is 0.154. The molecule has 0 saturated heterocycles. The smallest absolute Gasteiger partial charge is 0.206 e. The van der Waals surface area contributed by atoms with E-state index in [0.717, 1.165) is 9.35 Å². The minimum absolute atomic E-state index is 0.00116. The van der Waals surface area contributed by atoms with Gasteiger partial charge in [-0.05, 0) is 47.1 Å². The Morgan fingerprint density at radius 2 is 2.06 bits per heavy atom. The van der Waals surface area contributed by atoms with Crippen LogP contribution in [0.2, 0.25) is 0 Å². The molecule has 2 nitrogen and oxygen atoms in total. The Labute approximate surface area is 112 Å². The molecule has 17 heavy (non-hydrogen) atoms. The van der Waals surface area contributed by atoms with E-state index in [-0.39, 0.29) is 5.78 Å². The second kappa shape index (κ2) is 5.02. The van der Waals surface area contributed by atoms with Gasteiger partial charge in [0.15, 0.2) is 0 Å². The number of ketones is 1. The van der Waals surface area contributed by atoms with Crippen molar-refractivity contribution < 1.29 is 9.53 Å². The third-order valence-electron chi connectivity index (χ3n) is 2.40. The van der Waals surface area contributed by atoms with Crippen LogP contribution in [-0.4, -0.2) is 12.9 Å². The van der Waals surface area contributed by atoms with E-state index >= 15 is 0 Å². The molecule has 1 heterocycles. The van der Waals surface area contributed by atoms with Crippen LogP contribution in [0, 0.1) is 6.92 Å². The summed E-state index contributed by atoms with van der Waals surface area (Å²) in [7, 11) is 1.58. The summed E-state index contributed by atoms with van der Waals surface area (Å²) in [4.78, 5) is 13.0. The van der Waals surface area contributed by atoms with Gasteiger partial charge >= 0.3 is 0 Å². The first-order valence-corrected chi connectivity index (χ1v) is 6.67. The summed E-state index contributed by atoms with van der Waals surface area (Å²) in [5.74, 6) is 0.617. The van der Waals surface area contributed by atoms with Gasteiger partial charge < -0.3 is 4.74 Å². The molecule has 1 aromatic heterocycles. The van der Waals surface area contributed by atoms with E-state index in [1.165, 1.54) is 11.3 Å². The van der Waals surface area contributed by atoms with Crippen LogP contribution in [0.15, 0.2) is 34.1 Å². The van der Waals surface area contributed by atoms with Crippen molar-refractivity contribution in [1.82, 2.24) is 0 Å². The van der Waals surface area contributed by atoms with Gasteiger partial charge in [-0.25, -0.2) is 0 Å². The fourth-order valence-electron chi connectivity index (χ4n) is 1.57. The minimum atomic E-state index is 0.00116. The summed E-state index contributed by atoms with van der Waals surface area (Å²) in [6.07, 6.45) is 0. The second-order valence-corrected chi connectivity index (χ2v) is 6.10. The molecule has 0 atom stereocenters. The topological polar surface area (TPSA) is 26.3 Å². The van der Waals surface area contributed by atoms with Crippen LogP contribution in [0.1, 0.15) is 20.8 Å². The van der Waals surface area contributed by atoms with Gasteiger partial charge in [-0.2, -0.15) is 0 Å². The van der Waals surface area contributed by atoms with E-state index in [1.54, 1.807) is 7.11 Å². The highest BCUT2D eigenvalue weighted by Gasteiger charge is 2.16. The third-order valence-corrected chi connectivity index (χ3v) is 4.02. The van der Waals surface area contributed by atoms with Gasteiger partial charge in [0, 0.05) is 0 Å². The monoisotopic (exact) mass is 310 g/mol. The van der Waals surface area contributed by atoms with Crippen molar-refractivity contribution in [2.45, 2.75) is 6.92 Å². The van der Waals surface area contributed by atoms with Crippen LogP contribution in [0.25, 0.3) is 0 Å². The van der Waals surface area contributed by atoms with Gasteiger partial charge in [0.25, 0.3) is 0 Å². The lowest BCUT2D eigenvalue weighted by Gasteiger charge is -2.07. The van der Waals surface area contributed by atoms with Gasteiger partial charge in [0.1, 0.15) is 5.75 Å². The summed E-state index contributed by atoms with van der Waals surface area (Å²) >= 11 is 4.79. The first-order valence-electron chi connectivity index (χ1n) is 5.06. The number of aryl methyl sites for hydroxylation is 1. The lowest BCUT2D eigenvalue weighted by atomic mass is 10.1. The summed E-state index contributed by atoms with van der Waals surface area (Å²) in [6, 6.07) is 9.30. The normalized spacial score (nSPS) is 10.3. The highest BCUT2D eigenvalue weighted by Crippen LogP contribution is 2.28. The highest BCUT2D eigenvalue weighted by molar-refractivity contribution is 9.11. The van der Waals surface area contributed by atoms with Gasteiger partial charge in [-0.3, -0.25) is 4.79 Å².